The number of amides is 3. The summed E-state index contributed by atoms with van der Waals surface area (Å²) in [6.07, 6.45) is -0.525. The number of aliphatic hydroxyl groups is 5. The SMILES string of the molecule is CC(=O)N(CCCC(O)CO)c1c(I)c(C(=O)N(C)CCO)c(I)c(N(CCCC(O)CO)C(C)=O)c1I. The Morgan fingerprint density at radius 3 is 1.45 bits per heavy atom. The fourth-order valence-corrected chi connectivity index (χ4v) is 8.54. The average molecular weight is 875 g/mol. The lowest BCUT2D eigenvalue weighted by atomic mass is 10.1. The van der Waals surface area contributed by atoms with E-state index in [-0.39, 0.29) is 62.4 Å². The monoisotopic (exact) mass is 875 g/mol. The molecule has 14 heteroatoms. The molecule has 0 radical (unpaired) electrons. The maximum Gasteiger partial charge on any atom is 0.255 e. The first-order valence-corrected chi connectivity index (χ1v) is 15.3. The van der Waals surface area contributed by atoms with Crippen LogP contribution in [-0.2, 0) is 9.59 Å². The molecule has 0 spiro atoms. The number of likely N-dealkylation sites (N-methyl/N-ethyl adjacent to an activating group) is 1. The number of halogens is 3. The van der Waals surface area contributed by atoms with Crippen LogP contribution in [-0.4, -0.2) is 107 Å². The van der Waals surface area contributed by atoms with Crippen LogP contribution < -0.4 is 9.80 Å². The Labute approximate surface area is 264 Å². The molecular weight excluding hydrogens is 839 g/mol. The molecule has 0 fully saturated rings. The maximum absolute atomic E-state index is 13.5. The maximum atomic E-state index is 13.5. The summed E-state index contributed by atoms with van der Waals surface area (Å²) in [7, 11) is 1.56. The van der Waals surface area contributed by atoms with Crippen LogP contribution in [0.25, 0.3) is 0 Å². The molecular formula is C24H36I3N3O8. The third-order valence-electron chi connectivity index (χ3n) is 5.83. The number of rotatable bonds is 15. The zero-order chi connectivity index (χ0) is 29.2. The molecule has 0 aliphatic rings. The van der Waals surface area contributed by atoms with Gasteiger partial charge in [-0.3, -0.25) is 14.4 Å². The fourth-order valence-electron chi connectivity index (χ4n) is 3.75. The van der Waals surface area contributed by atoms with E-state index in [1.165, 1.54) is 28.5 Å². The summed E-state index contributed by atoms with van der Waals surface area (Å²) in [5.41, 5.74) is 1.20. The standard InChI is InChI=1S/C24H36I3N3O8/c1-14(34)29(8-4-6-16(36)12-32)22-19(25)18(24(38)28(3)10-11-31)20(26)23(21(22)27)30(15(2)35)9-5-7-17(37)13-33/h16-17,31-33,36-37H,4-13H2,1-3H3. The third kappa shape index (κ3) is 9.62. The first kappa shape index (κ1) is 35.6. The predicted molar refractivity (Wildman–Crippen MR) is 169 cm³/mol. The van der Waals surface area contributed by atoms with E-state index in [2.05, 4.69) is 22.6 Å². The molecule has 3 amide bonds. The minimum atomic E-state index is -0.916. The smallest absolute Gasteiger partial charge is 0.255 e. The number of carbonyl (C=O) groups excluding carboxylic acids is 3. The molecule has 2 unspecified atom stereocenters. The van der Waals surface area contributed by atoms with Crippen molar-refractivity contribution in [1.29, 1.82) is 0 Å². The van der Waals surface area contributed by atoms with Gasteiger partial charge < -0.3 is 40.2 Å². The van der Waals surface area contributed by atoms with Crippen molar-refractivity contribution in [2.75, 3.05) is 56.3 Å². The molecule has 5 N–H and O–H groups in total. The average Bonchev–Trinajstić information content (AvgIpc) is 2.85. The normalized spacial score (nSPS) is 12.7. The molecule has 216 valence electrons. The van der Waals surface area contributed by atoms with Crippen molar-refractivity contribution >= 4 is 96.9 Å². The summed E-state index contributed by atoms with van der Waals surface area (Å²) in [5.74, 6) is -0.978. The second-order valence-corrected chi connectivity index (χ2v) is 12.0. The van der Waals surface area contributed by atoms with Crippen LogP contribution in [0.15, 0.2) is 0 Å². The van der Waals surface area contributed by atoms with Crippen molar-refractivity contribution in [1.82, 2.24) is 4.90 Å². The number of hydrogen-bond acceptors (Lipinski definition) is 8. The minimum Gasteiger partial charge on any atom is -0.395 e. The molecule has 1 aromatic rings. The van der Waals surface area contributed by atoms with Gasteiger partial charge >= 0.3 is 0 Å². The van der Waals surface area contributed by atoms with Crippen LogP contribution >= 0.6 is 67.8 Å². The number of benzene rings is 1. The van der Waals surface area contributed by atoms with Crippen molar-refractivity contribution in [3.63, 3.8) is 0 Å². The van der Waals surface area contributed by atoms with Crippen LogP contribution in [0.2, 0.25) is 0 Å². The van der Waals surface area contributed by atoms with Crippen molar-refractivity contribution in [2.24, 2.45) is 0 Å². The van der Waals surface area contributed by atoms with Crippen LogP contribution in [0.1, 0.15) is 49.9 Å². The predicted octanol–water partition coefficient (Wildman–Crippen LogP) is 1.54. The Morgan fingerprint density at radius 2 is 1.13 bits per heavy atom. The Bertz CT molecular complexity index is 921. The Balaban J connectivity index is 3.81. The molecule has 0 aliphatic carbocycles. The summed E-state index contributed by atoms with van der Waals surface area (Å²) >= 11 is 6.11. The summed E-state index contributed by atoms with van der Waals surface area (Å²) in [5, 5.41) is 47.2. The molecule has 1 aromatic carbocycles. The molecule has 0 bridgehead atoms. The summed E-state index contributed by atoms with van der Waals surface area (Å²) in [6, 6.07) is 0. The van der Waals surface area contributed by atoms with Crippen LogP contribution in [0.5, 0.6) is 0 Å². The molecule has 0 aliphatic heterocycles. The first-order valence-electron chi connectivity index (χ1n) is 12.0. The number of aliphatic hydroxyl groups excluding tert-OH is 5. The molecule has 0 saturated carbocycles. The summed E-state index contributed by atoms with van der Waals surface area (Å²) < 4.78 is 1.59. The van der Waals surface area contributed by atoms with Crippen LogP contribution in [0.3, 0.4) is 0 Å². The van der Waals surface area contributed by atoms with Crippen molar-refractivity contribution < 1.29 is 39.9 Å². The van der Waals surface area contributed by atoms with Gasteiger partial charge in [0, 0.05) is 40.5 Å². The number of nitrogens with zero attached hydrogens (tertiary/aromatic N) is 3. The highest BCUT2D eigenvalue weighted by Crippen LogP contribution is 2.43. The van der Waals surface area contributed by atoms with Gasteiger partial charge in [-0.05, 0) is 93.5 Å². The van der Waals surface area contributed by atoms with Gasteiger partial charge in [0.15, 0.2) is 0 Å². The highest BCUT2D eigenvalue weighted by molar-refractivity contribution is 14.1. The number of anilines is 2. The Morgan fingerprint density at radius 1 is 0.737 bits per heavy atom. The van der Waals surface area contributed by atoms with Gasteiger partial charge in [-0.15, -0.1) is 0 Å². The lowest BCUT2D eigenvalue weighted by molar-refractivity contribution is -0.117. The lowest BCUT2D eigenvalue weighted by Crippen LogP contribution is -2.37. The molecule has 2 atom stereocenters. The Hall–Kier alpha value is -0.380. The van der Waals surface area contributed by atoms with Gasteiger partial charge in [-0.25, -0.2) is 0 Å². The summed E-state index contributed by atoms with van der Waals surface area (Å²) in [6.45, 7) is 2.28. The molecule has 0 heterocycles. The van der Waals surface area contributed by atoms with Gasteiger partial charge in [0.1, 0.15) is 0 Å². The van der Waals surface area contributed by atoms with Crippen molar-refractivity contribution in [2.45, 2.75) is 51.7 Å². The van der Waals surface area contributed by atoms with Gasteiger partial charge in [0.05, 0.1) is 59.7 Å². The molecule has 0 aromatic heterocycles. The Kier molecular flexibility index (Phi) is 16.4. The molecule has 38 heavy (non-hydrogen) atoms. The first-order chi connectivity index (χ1) is 17.8. The molecule has 0 saturated heterocycles. The second kappa shape index (κ2) is 17.4. The van der Waals surface area contributed by atoms with E-state index in [0.717, 1.165) is 0 Å². The van der Waals surface area contributed by atoms with Crippen LogP contribution in [0, 0.1) is 10.7 Å². The van der Waals surface area contributed by atoms with E-state index in [1.54, 1.807) is 7.05 Å². The van der Waals surface area contributed by atoms with E-state index in [4.69, 9.17) is 10.2 Å². The topological polar surface area (TPSA) is 162 Å². The summed E-state index contributed by atoms with van der Waals surface area (Å²) in [4.78, 5) is 43.6. The lowest BCUT2D eigenvalue weighted by Gasteiger charge is -2.32. The molecule has 1 rings (SSSR count). The van der Waals surface area contributed by atoms with Crippen LogP contribution in [0.4, 0.5) is 11.4 Å². The quantitative estimate of drug-likeness (QED) is 0.166. The van der Waals surface area contributed by atoms with Gasteiger partial charge in [-0.2, -0.15) is 0 Å². The van der Waals surface area contributed by atoms with Crippen molar-refractivity contribution in [3.05, 3.63) is 16.3 Å². The van der Waals surface area contributed by atoms with E-state index in [0.29, 0.717) is 34.9 Å². The second-order valence-electron chi connectivity index (χ2n) is 8.76. The zero-order valence-corrected chi connectivity index (χ0v) is 28.1. The van der Waals surface area contributed by atoms with E-state index >= 15 is 0 Å². The van der Waals surface area contributed by atoms with Crippen molar-refractivity contribution in [3.8, 4) is 0 Å². The largest absolute Gasteiger partial charge is 0.395 e. The van der Waals surface area contributed by atoms with E-state index in [9.17, 15) is 29.7 Å². The minimum absolute atomic E-state index is 0.0899. The number of hydrogen-bond donors (Lipinski definition) is 5. The highest BCUT2D eigenvalue weighted by atomic mass is 127. The van der Waals surface area contributed by atoms with Gasteiger partial charge in [0.25, 0.3) is 5.91 Å². The van der Waals surface area contributed by atoms with E-state index in [1.807, 2.05) is 45.2 Å². The van der Waals surface area contributed by atoms with Gasteiger partial charge in [-0.1, -0.05) is 0 Å². The highest BCUT2D eigenvalue weighted by Gasteiger charge is 2.32. The number of carbonyl (C=O) groups is 3. The fraction of sp³-hybridized carbons (Fsp3) is 0.625. The third-order valence-corrected chi connectivity index (χ3v) is 8.95. The van der Waals surface area contributed by atoms with E-state index < -0.39 is 25.4 Å². The molecule has 11 nitrogen and oxygen atoms in total. The van der Waals surface area contributed by atoms with Gasteiger partial charge in [0.2, 0.25) is 11.8 Å². The zero-order valence-electron chi connectivity index (χ0n) is 21.7.